The van der Waals surface area contributed by atoms with Crippen LogP contribution in [0.3, 0.4) is 0 Å². The molecule has 132 valence electrons. The van der Waals surface area contributed by atoms with E-state index in [9.17, 15) is 14.0 Å². The molecule has 0 aliphatic rings. The number of carbonyl (C=O) groups is 2. The number of hydrogen-bond donors (Lipinski definition) is 2. The molecule has 2 N–H and O–H groups in total. The van der Waals surface area contributed by atoms with Crippen LogP contribution in [0.4, 0.5) is 4.39 Å². The predicted molar refractivity (Wildman–Crippen MR) is 96.1 cm³/mol. The van der Waals surface area contributed by atoms with Gasteiger partial charge in [0, 0.05) is 24.2 Å². The molecule has 0 bridgehead atoms. The third kappa shape index (κ3) is 5.71. The van der Waals surface area contributed by atoms with Gasteiger partial charge < -0.3 is 10.6 Å². The zero-order valence-corrected chi connectivity index (χ0v) is 14.3. The normalized spacial score (nSPS) is 10.3. The average molecular weight is 342 g/mol. The Morgan fingerprint density at radius 1 is 0.880 bits per heavy atom. The van der Waals surface area contributed by atoms with E-state index >= 15 is 0 Å². The van der Waals surface area contributed by atoms with E-state index in [0.717, 1.165) is 12.8 Å². The summed E-state index contributed by atoms with van der Waals surface area (Å²) in [7, 11) is 0. The quantitative estimate of drug-likeness (QED) is 0.723. The highest BCUT2D eigenvalue weighted by Gasteiger charge is 2.09. The van der Waals surface area contributed by atoms with Crippen molar-refractivity contribution >= 4 is 11.8 Å². The first kappa shape index (κ1) is 18.6. The van der Waals surface area contributed by atoms with Gasteiger partial charge in [-0.1, -0.05) is 31.5 Å². The van der Waals surface area contributed by atoms with Gasteiger partial charge in [0.25, 0.3) is 11.8 Å². The fraction of sp³-hybridized carbons (Fsp3) is 0.300. The monoisotopic (exact) mass is 342 g/mol. The van der Waals surface area contributed by atoms with E-state index in [0.29, 0.717) is 36.2 Å². The topological polar surface area (TPSA) is 58.2 Å². The highest BCUT2D eigenvalue weighted by Crippen LogP contribution is 2.07. The summed E-state index contributed by atoms with van der Waals surface area (Å²) in [5.74, 6) is -0.649. The second-order valence-electron chi connectivity index (χ2n) is 5.78. The minimum atomic E-state index is -0.268. The van der Waals surface area contributed by atoms with Gasteiger partial charge >= 0.3 is 0 Å². The lowest BCUT2D eigenvalue weighted by Gasteiger charge is -2.07. The van der Waals surface area contributed by atoms with Crippen LogP contribution >= 0.6 is 0 Å². The lowest BCUT2D eigenvalue weighted by Crippen LogP contribution is -2.26. The first-order chi connectivity index (χ1) is 12.1. The number of unbranched alkanes of at least 4 members (excludes halogenated alkanes) is 1. The summed E-state index contributed by atoms with van der Waals surface area (Å²) < 4.78 is 13.5. The van der Waals surface area contributed by atoms with Crippen molar-refractivity contribution in [2.24, 2.45) is 0 Å². The van der Waals surface area contributed by atoms with Crippen molar-refractivity contribution in [3.05, 3.63) is 71.0 Å². The van der Waals surface area contributed by atoms with Gasteiger partial charge in [0.2, 0.25) is 0 Å². The Hall–Kier alpha value is -2.69. The molecule has 2 aromatic carbocycles. The van der Waals surface area contributed by atoms with Gasteiger partial charge in [0.1, 0.15) is 5.82 Å². The number of rotatable bonds is 8. The van der Waals surface area contributed by atoms with Crippen molar-refractivity contribution in [1.82, 2.24) is 10.6 Å². The van der Waals surface area contributed by atoms with Crippen molar-refractivity contribution < 1.29 is 14.0 Å². The molecule has 2 aromatic rings. The molecule has 0 aliphatic carbocycles. The highest BCUT2D eigenvalue weighted by molar-refractivity contribution is 5.97. The maximum absolute atomic E-state index is 13.5. The molecule has 0 fully saturated rings. The number of nitrogens with one attached hydrogen (secondary N) is 2. The summed E-state index contributed by atoms with van der Waals surface area (Å²) in [6.07, 6.45) is 2.39. The number of halogens is 1. The van der Waals surface area contributed by atoms with Gasteiger partial charge in [-0.2, -0.15) is 0 Å². The Morgan fingerprint density at radius 2 is 1.44 bits per heavy atom. The minimum absolute atomic E-state index is 0.139. The van der Waals surface area contributed by atoms with E-state index in [-0.39, 0.29) is 17.6 Å². The fourth-order valence-electron chi connectivity index (χ4n) is 2.37. The van der Waals surface area contributed by atoms with Gasteiger partial charge in [-0.25, -0.2) is 4.39 Å². The van der Waals surface area contributed by atoms with Crippen LogP contribution in [0.15, 0.2) is 48.5 Å². The summed E-state index contributed by atoms with van der Waals surface area (Å²) in [6, 6.07) is 13.0. The SMILES string of the molecule is CCCCNC(=O)c1ccc(C(=O)NCCc2ccccc2F)cc1. The van der Waals surface area contributed by atoms with E-state index in [4.69, 9.17) is 0 Å². The smallest absolute Gasteiger partial charge is 0.251 e. The molecule has 0 saturated carbocycles. The number of hydrogen-bond acceptors (Lipinski definition) is 2. The van der Waals surface area contributed by atoms with Crippen molar-refractivity contribution in [3.63, 3.8) is 0 Å². The number of benzene rings is 2. The van der Waals surface area contributed by atoms with Crippen LogP contribution in [0.25, 0.3) is 0 Å². The van der Waals surface area contributed by atoms with Gasteiger partial charge in [-0.05, 0) is 48.7 Å². The van der Waals surface area contributed by atoms with Gasteiger partial charge in [0.05, 0.1) is 0 Å². The molecule has 0 unspecified atom stereocenters. The van der Waals surface area contributed by atoms with Crippen molar-refractivity contribution in [1.29, 1.82) is 0 Å². The molecule has 0 aliphatic heterocycles. The van der Waals surface area contributed by atoms with Crippen LogP contribution in [0, 0.1) is 5.82 Å². The Labute approximate surface area is 147 Å². The molecule has 0 heterocycles. The third-order valence-electron chi connectivity index (χ3n) is 3.86. The zero-order chi connectivity index (χ0) is 18.1. The highest BCUT2D eigenvalue weighted by atomic mass is 19.1. The molecule has 0 radical (unpaired) electrons. The van der Waals surface area contributed by atoms with E-state index < -0.39 is 0 Å². The zero-order valence-electron chi connectivity index (χ0n) is 14.3. The van der Waals surface area contributed by atoms with Gasteiger partial charge in [-0.3, -0.25) is 9.59 Å². The summed E-state index contributed by atoms with van der Waals surface area (Å²) in [5, 5.41) is 5.59. The van der Waals surface area contributed by atoms with E-state index in [2.05, 4.69) is 17.6 Å². The molecular formula is C20H23FN2O2. The van der Waals surface area contributed by atoms with E-state index in [1.807, 2.05) is 0 Å². The summed E-state index contributed by atoms with van der Waals surface area (Å²) in [4.78, 5) is 24.0. The molecular weight excluding hydrogens is 319 g/mol. The van der Waals surface area contributed by atoms with Crippen LogP contribution in [-0.4, -0.2) is 24.9 Å². The molecule has 5 heteroatoms. The largest absolute Gasteiger partial charge is 0.352 e. The van der Waals surface area contributed by atoms with Crippen LogP contribution in [0.2, 0.25) is 0 Å². The van der Waals surface area contributed by atoms with Crippen LogP contribution < -0.4 is 10.6 Å². The van der Waals surface area contributed by atoms with Crippen molar-refractivity contribution in [3.8, 4) is 0 Å². The summed E-state index contributed by atoms with van der Waals surface area (Å²) in [6.45, 7) is 3.05. The van der Waals surface area contributed by atoms with Gasteiger partial charge in [0.15, 0.2) is 0 Å². The summed E-state index contributed by atoms with van der Waals surface area (Å²) in [5.41, 5.74) is 1.57. The second kappa shape index (κ2) is 9.57. The minimum Gasteiger partial charge on any atom is -0.352 e. The lowest BCUT2D eigenvalue weighted by atomic mass is 10.1. The molecule has 0 spiro atoms. The van der Waals surface area contributed by atoms with Crippen LogP contribution in [-0.2, 0) is 6.42 Å². The third-order valence-corrected chi connectivity index (χ3v) is 3.86. The Balaban J connectivity index is 1.83. The van der Waals surface area contributed by atoms with E-state index in [1.165, 1.54) is 6.07 Å². The molecule has 25 heavy (non-hydrogen) atoms. The number of amides is 2. The fourth-order valence-corrected chi connectivity index (χ4v) is 2.37. The Morgan fingerprint density at radius 3 is 2.00 bits per heavy atom. The standard InChI is InChI=1S/C20H23FN2O2/c1-2-3-13-22-19(24)16-8-10-17(11-9-16)20(25)23-14-12-15-6-4-5-7-18(15)21/h4-11H,2-3,12-14H2,1H3,(H,22,24)(H,23,25). The molecule has 0 saturated heterocycles. The summed E-state index contributed by atoms with van der Waals surface area (Å²) >= 11 is 0. The van der Waals surface area contributed by atoms with E-state index in [1.54, 1.807) is 42.5 Å². The molecule has 0 aromatic heterocycles. The molecule has 2 rings (SSSR count). The number of carbonyl (C=O) groups excluding carboxylic acids is 2. The Kier molecular flexibility index (Phi) is 7.14. The average Bonchev–Trinajstić information content (AvgIpc) is 2.63. The molecule has 0 atom stereocenters. The second-order valence-corrected chi connectivity index (χ2v) is 5.78. The predicted octanol–water partition coefficient (Wildman–Crippen LogP) is 3.33. The maximum Gasteiger partial charge on any atom is 0.251 e. The first-order valence-electron chi connectivity index (χ1n) is 8.51. The Bertz CT molecular complexity index is 714. The maximum atomic E-state index is 13.5. The van der Waals surface area contributed by atoms with Crippen LogP contribution in [0.1, 0.15) is 46.0 Å². The first-order valence-corrected chi connectivity index (χ1v) is 8.51. The van der Waals surface area contributed by atoms with Crippen molar-refractivity contribution in [2.75, 3.05) is 13.1 Å². The lowest BCUT2D eigenvalue weighted by molar-refractivity contribution is 0.0941. The van der Waals surface area contributed by atoms with Crippen LogP contribution in [0.5, 0.6) is 0 Å². The molecule has 2 amide bonds. The van der Waals surface area contributed by atoms with Crippen molar-refractivity contribution in [2.45, 2.75) is 26.2 Å². The molecule has 4 nitrogen and oxygen atoms in total. The van der Waals surface area contributed by atoms with Gasteiger partial charge in [-0.15, -0.1) is 0 Å².